The maximum absolute atomic E-state index is 9.09. The highest BCUT2D eigenvalue weighted by molar-refractivity contribution is 4.65. The summed E-state index contributed by atoms with van der Waals surface area (Å²) in [5.41, 5.74) is 0. The van der Waals surface area contributed by atoms with E-state index in [1.54, 1.807) is 0 Å². The number of rotatable bonds is 11. The Bertz CT molecular complexity index is 223. The number of hydrogen-bond donors (Lipinski definition) is 1. The van der Waals surface area contributed by atoms with Crippen molar-refractivity contribution < 1.29 is 19.3 Å². The lowest BCUT2D eigenvalue weighted by molar-refractivity contribution is -0.230. The number of ether oxygens (including phenoxy) is 3. The minimum Gasteiger partial charge on any atom is -0.394 e. The maximum Gasteiger partial charge on any atom is 0.160 e. The second kappa shape index (κ2) is 11.5. The average molecular weight is 288 g/mol. The summed E-state index contributed by atoms with van der Waals surface area (Å²) < 4.78 is 17.0. The molecular formula is C16H32O4. The molecule has 0 spiro atoms. The molecular weight excluding hydrogens is 256 g/mol. The van der Waals surface area contributed by atoms with Crippen molar-refractivity contribution in [3.05, 3.63) is 0 Å². The lowest BCUT2D eigenvalue weighted by atomic mass is 10.1. The molecule has 1 aliphatic rings. The van der Waals surface area contributed by atoms with E-state index in [1.165, 1.54) is 32.1 Å². The van der Waals surface area contributed by atoms with Gasteiger partial charge in [-0.3, -0.25) is 0 Å². The van der Waals surface area contributed by atoms with Crippen LogP contribution in [0.4, 0.5) is 0 Å². The van der Waals surface area contributed by atoms with Gasteiger partial charge in [0.1, 0.15) is 0 Å². The normalized spacial score (nSPS) is 24.8. The molecule has 0 amide bonds. The van der Waals surface area contributed by atoms with Gasteiger partial charge in [0.05, 0.1) is 25.4 Å². The van der Waals surface area contributed by atoms with Gasteiger partial charge in [-0.25, -0.2) is 0 Å². The van der Waals surface area contributed by atoms with E-state index >= 15 is 0 Å². The maximum atomic E-state index is 9.09. The van der Waals surface area contributed by atoms with Crippen molar-refractivity contribution in [3.8, 4) is 0 Å². The smallest absolute Gasteiger partial charge is 0.160 e. The zero-order chi connectivity index (χ0) is 14.6. The fourth-order valence-corrected chi connectivity index (χ4v) is 2.42. The van der Waals surface area contributed by atoms with Crippen LogP contribution in [0, 0.1) is 0 Å². The second-order valence-corrected chi connectivity index (χ2v) is 5.71. The molecule has 0 aliphatic carbocycles. The molecule has 1 rings (SSSR count). The first kappa shape index (κ1) is 17.9. The van der Waals surface area contributed by atoms with Crippen LogP contribution in [-0.4, -0.2) is 43.4 Å². The Labute approximate surface area is 123 Å². The molecule has 1 unspecified atom stereocenters. The summed E-state index contributed by atoms with van der Waals surface area (Å²) in [4.78, 5) is 0. The monoisotopic (exact) mass is 288 g/mol. The van der Waals surface area contributed by atoms with Crippen molar-refractivity contribution in [3.63, 3.8) is 0 Å². The Morgan fingerprint density at radius 3 is 2.70 bits per heavy atom. The van der Waals surface area contributed by atoms with Gasteiger partial charge in [0, 0.05) is 13.0 Å². The van der Waals surface area contributed by atoms with E-state index in [0.717, 1.165) is 25.9 Å². The third-order valence-electron chi connectivity index (χ3n) is 3.72. The minimum absolute atomic E-state index is 0.0699. The van der Waals surface area contributed by atoms with E-state index in [1.807, 2.05) is 0 Å². The highest BCUT2D eigenvalue weighted by Crippen LogP contribution is 2.17. The number of aliphatic hydroxyl groups is 1. The van der Waals surface area contributed by atoms with Crippen LogP contribution in [0.1, 0.15) is 65.2 Å². The highest BCUT2D eigenvalue weighted by atomic mass is 16.7. The fraction of sp³-hybridized carbons (Fsp3) is 1.00. The Kier molecular flexibility index (Phi) is 10.3. The first-order valence-corrected chi connectivity index (χ1v) is 8.25. The largest absolute Gasteiger partial charge is 0.394 e. The van der Waals surface area contributed by atoms with Crippen LogP contribution in [0.15, 0.2) is 0 Å². The van der Waals surface area contributed by atoms with Gasteiger partial charge in [0.2, 0.25) is 0 Å². The van der Waals surface area contributed by atoms with E-state index in [9.17, 15) is 0 Å². The van der Waals surface area contributed by atoms with Gasteiger partial charge in [-0.05, 0) is 19.8 Å². The Morgan fingerprint density at radius 2 is 1.95 bits per heavy atom. The predicted octanol–water partition coefficient (Wildman–Crippen LogP) is 3.27. The standard InChI is InChI=1S/C16H32O4/c1-3-4-5-6-7-8-10-18-14(2)12-16-19-11-9-15(13-17)20-16/h14-17H,3-13H2,1-2H3/t14?,15-,16-/m0/s1. The summed E-state index contributed by atoms with van der Waals surface area (Å²) >= 11 is 0. The van der Waals surface area contributed by atoms with Crippen molar-refractivity contribution in [2.24, 2.45) is 0 Å². The summed E-state index contributed by atoms with van der Waals surface area (Å²) in [6.45, 7) is 5.87. The Balaban J connectivity index is 1.98. The molecule has 0 aromatic rings. The second-order valence-electron chi connectivity index (χ2n) is 5.71. The van der Waals surface area contributed by atoms with Crippen LogP contribution in [0.5, 0.6) is 0 Å². The molecule has 0 radical (unpaired) electrons. The van der Waals surface area contributed by atoms with Crippen LogP contribution in [0.3, 0.4) is 0 Å². The van der Waals surface area contributed by atoms with Crippen molar-refractivity contribution in [1.29, 1.82) is 0 Å². The number of hydrogen-bond acceptors (Lipinski definition) is 4. The molecule has 0 saturated carbocycles. The van der Waals surface area contributed by atoms with E-state index in [0.29, 0.717) is 6.61 Å². The number of aliphatic hydroxyl groups excluding tert-OH is 1. The van der Waals surface area contributed by atoms with Crippen LogP contribution >= 0.6 is 0 Å². The summed E-state index contributed by atoms with van der Waals surface area (Å²) in [6.07, 6.45) is 9.08. The number of unbranched alkanes of at least 4 members (excludes halogenated alkanes) is 5. The molecule has 1 N–H and O–H groups in total. The molecule has 1 saturated heterocycles. The van der Waals surface area contributed by atoms with Gasteiger partial charge in [0.15, 0.2) is 6.29 Å². The van der Waals surface area contributed by atoms with E-state index < -0.39 is 0 Å². The van der Waals surface area contributed by atoms with Crippen molar-refractivity contribution in [1.82, 2.24) is 0 Å². The third-order valence-corrected chi connectivity index (χ3v) is 3.72. The summed E-state index contributed by atoms with van der Waals surface area (Å²) in [6, 6.07) is 0. The minimum atomic E-state index is -0.222. The van der Waals surface area contributed by atoms with Gasteiger partial charge in [0.25, 0.3) is 0 Å². The molecule has 1 heterocycles. The molecule has 3 atom stereocenters. The molecule has 0 aromatic heterocycles. The lowest BCUT2D eigenvalue weighted by Gasteiger charge is -2.30. The Hall–Kier alpha value is -0.160. The van der Waals surface area contributed by atoms with E-state index in [4.69, 9.17) is 19.3 Å². The fourth-order valence-electron chi connectivity index (χ4n) is 2.42. The molecule has 1 aliphatic heterocycles. The molecule has 4 heteroatoms. The molecule has 0 bridgehead atoms. The summed E-state index contributed by atoms with van der Waals surface area (Å²) in [5.74, 6) is 0. The van der Waals surface area contributed by atoms with Crippen LogP contribution in [0.25, 0.3) is 0 Å². The molecule has 4 nitrogen and oxygen atoms in total. The zero-order valence-corrected chi connectivity index (χ0v) is 13.2. The van der Waals surface area contributed by atoms with Gasteiger partial charge < -0.3 is 19.3 Å². The molecule has 120 valence electrons. The van der Waals surface area contributed by atoms with Crippen molar-refractivity contribution in [2.45, 2.75) is 83.7 Å². The SMILES string of the molecule is CCCCCCCCOC(C)C[C@H]1OCC[C@@H](CO)O1. The van der Waals surface area contributed by atoms with Crippen molar-refractivity contribution >= 4 is 0 Å². The molecule has 20 heavy (non-hydrogen) atoms. The van der Waals surface area contributed by atoms with E-state index in [-0.39, 0.29) is 25.1 Å². The van der Waals surface area contributed by atoms with Gasteiger partial charge in [-0.2, -0.15) is 0 Å². The van der Waals surface area contributed by atoms with Crippen LogP contribution in [-0.2, 0) is 14.2 Å². The summed E-state index contributed by atoms with van der Waals surface area (Å²) in [5, 5.41) is 9.09. The highest BCUT2D eigenvalue weighted by Gasteiger charge is 2.24. The van der Waals surface area contributed by atoms with E-state index in [2.05, 4.69) is 13.8 Å². The molecule has 1 fully saturated rings. The first-order chi connectivity index (χ1) is 9.76. The van der Waals surface area contributed by atoms with Crippen molar-refractivity contribution in [2.75, 3.05) is 19.8 Å². The van der Waals surface area contributed by atoms with Gasteiger partial charge in [-0.15, -0.1) is 0 Å². The predicted molar refractivity (Wildman–Crippen MR) is 79.7 cm³/mol. The van der Waals surface area contributed by atoms with Crippen LogP contribution < -0.4 is 0 Å². The molecule has 0 aromatic carbocycles. The van der Waals surface area contributed by atoms with Gasteiger partial charge >= 0.3 is 0 Å². The third kappa shape index (κ3) is 8.20. The quantitative estimate of drug-likeness (QED) is 0.593. The zero-order valence-electron chi connectivity index (χ0n) is 13.2. The topological polar surface area (TPSA) is 47.9 Å². The van der Waals surface area contributed by atoms with Gasteiger partial charge in [-0.1, -0.05) is 39.0 Å². The first-order valence-electron chi connectivity index (χ1n) is 8.25. The summed E-state index contributed by atoms with van der Waals surface area (Å²) in [7, 11) is 0. The lowest BCUT2D eigenvalue weighted by Crippen LogP contribution is -2.36. The van der Waals surface area contributed by atoms with Crippen LogP contribution in [0.2, 0.25) is 0 Å². The average Bonchev–Trinajstić information content (AvgIpc) is 2.46. The Morgan fingerprint density at radius 1 is 1.20 bits per heavy atom.